The molecule has 6 aromatic rings. The SMILES string of the molecule is c1cncc(-c2ccnc3nc(-c4n[nH]c5cnc(-c6cncc(CNCC7CCCC7)c6)cc45)[nH]c23)c1. The molecule has 3 N–H and O–H groups in total. The van der Waals surface area contributed by atoms with Gasteiger partial charge in [-0.2, -0.15) is 5.10 Å². The number of hydrogen-bond acceptors (Lipinski definition) is 7. The van der Waals surface area contributed by atoms with E-state index in [0.29, 0.717) is 11.5 Å². The summed E-state index contributed by atoms with van der Waals surface area (Å²) in [4.78, 5) is 26.1. The molecular formula is C29H27N9. The van der Waals surface area contributed by atoms with Crippen LogP contribution in [0.15, 0.2) is 67.5 Å². The van der Waals surface area contributed by atoms with Crippen LogP contribution in [0.2, 0.25) is 0 Å². The molecule has 0 aliphatic heterocycles. The lowest BCUT2D eigenvalue weighted by Gasteiger charge is -2.11. The van der Waals surface area contributed by atoms with Crippen molar-refractivity contribution in [3.05, 3.63) is 73.1 Å². The average molecular weight is 502 g/mol. The van der Waals surface area contributed by atoms with Gasteiger partial charge in [0.2, 0.25) is 0 Å². The third-order valence-corrected chi connectivity index (χ3v) is 7.36. The first-order valence-corrected chi connectivity index (χ1v) is 13.1. The van der Waals surface area contributed by atoms with Gasteiger partial charge in [-0.15, -0.1) is 0 Å². The molecule has 0 saturated heterocycles. The molecule has 188 valence electrons. The van der Waals surface area contributed by atoms with Gasteiger partial charge >= 0.3 is 0 Å². The van der Waals surface area contributed by atoms with E-state index in [1.54, 1.807) is 12.4 Å². The predicted octanol–water partition coefficient (Wildman–Crippen LogP) is 5.30. The second-order valence-corrected chi connectivity index (χ2v) is 9.93. The van der Waals surface area contributed by atoms with E-state index in [-0.39, 0.29) is 0 Å². The molecule has 0 aromatic carbocycles. The second kappa shape index (κ2) is 9.75. The first-order valence-electron chi connectivity index (χ1n) is 13.1. The van der Waals surface area contributed by atoms with Crippen molar-refractivity contribution in [2.24, 2.45) is 5.92 Å². The van der Waals surface area contributed by atoms with E-state index in [1.165, 1.54) is 25.7 Å². The van der Waals surface area contributed by atoms with Crippen molar-refractivity contribution < 1.29 is 0 Å². The van der Waals surface area contributed by atoms with Crippen molar-refractivity contribution in [2.75, 3.05) is 6.54 Å². The summed E-state index contributed by atoms with van der Waals surface area (Å²) >= 11 is 0. The normalized spacial score (nSPS) is 14.1. The van der Waals surface area contributed by atoms with Gasteiger partial charge in [0.1, 0.15) is 5.69 Å². The Morgan fingerprint density at radius 3 is 2.74 bits per heavy atom. The third-order valence-electron chi connectivity index (χ3n) is 7.36. The Morgan fingerprint density at radius 1 is 0.921 bits per heavy atom. The molecule has 7 rings (SSSR count). The van der Waals surface area contributed by atoms with Crippen LogP contribution in [0.3, 0.4) is 0 Å². The number of pyridine rings is 4. The zero-order chi connectivity index (χ0) is 25.3. The lowest BCUT2D eigenvalue weighted by Crippen LogP contribution is -2.20. The summed E-state index contributed by atoms with van der Waals surface area (Å²) in [6.07, 6.45) is 16.4. The molecule has 0 spiro atoms. The highest BCUT2D eigenvalue weighted by Crippen LogP contribution is 2.31. The van der Waals surface area contributed by atoms with Crippen LogP contribution in [0, 0.1) is 5.92 Å². The maximum absolute atomic E-state index is 4.76. The standard InChI is InChI=1S/C29H27N9/c1-2-5-18(4-1)12-31-13-19-10-21(16-32-14-19)24-11-23-25(17-34-24)37-38-27(23)29-35-26-22(7-9-33-28(26)36-29)20-6-3-8-30-15-20/h3,6-11,14-18,31H,1-2,4-5,12-13H2,(H,37,38)(H,33,35,36). The molecule has 6 aromatic heterocycles. The monoisotopic (exact) mass is 501 g/mol. The van der Waals surface area contributed by atoms with Crippen molar-refractivity contribution >= 4 is 22.1 Å². The molecule has 0 amide bonds. The molecule has 1 aliphatic rings. The Labute approximate surface area is 219 Å². The van der Waals surface area contributed by atoms with Gasteiger partial charge in [-0.05, 0) is 55.1 Å². The van der Waals surface area contributed by atoms with Crippen molar-refractivity contribution in [2.45, 2.75) is 32.2 Å². The second-order valence-electron chi connectivity index (χ2n) is 9.93. The lowest BCUT2D eigenvalue weighted by atomic mass is 10.1. The van der Waals surface area contributed by atoms with Crippen LogP contribution in [0.4, 0.5) is 0 Å². The highest BCUT2D eigenvalue weighted by atomic mass is 15.1. The van der Waals surface area contributed by atoms with Crippen LogP contribution in [0.25, 0.3) is 56.0 Å². The number of nitrogens with one attached hydrogen (secondary N) is 3. The first-order chi connectivity index (χ1) is 18.8. The molecule has 0 unspecified atom stereocenters. The molecule has 0 radical (unpaired) electrons. The smallest absolute Gasteiger partial charge is 0.178 e. The van der Waals surface area contributed by atoms with E-state index in [2.05, 4.69) is 46.5 Å². The van der Waals surface area contributed by atoms with Crippen molar-refractivity contribution in [1.82, 2.24) is 45.4 Å². The average Bonchev–Trinajstić information content (AvgIpc) is 3.73. The van der Waals surface area contributed by atoms with Crippen LogP contribution in [0.1, 0.15) is 31.2 Å². The van der Waals surface area contributed by atoms with Gasteiger partial charge in [-0.3, -0.25) is 20.1 Å². The Balaban J connectivity index is 1.20. The number of aromatic amines is 2. The molecule has 1 aliphatic carbocycles. The Bertz CT molecular complexity index is 1710. The molecule has 9 heteroatoms. The molecule has 38 heavy (non-hydrogen) atoms. The van der Waals surface area contributed by atoms with Gasteiger partial charge in [0.15, 0.2) is 11.5 Å². The molecule has 0 atom stereocenters. The van der Waals surface area contributed by atoms with E-state index < -0.39 is 0 Å². The summed E-state index contributed by atoms with van der Waals surface area (Å²) in [6.45, 7) is 1.88. The maximum Gasteiger partial charge on any atom is 0.178 e. The van der Waals surface area contributed by atoms with E-state index in [0.717, 1.165) is 69.1 Å². The molecule has 0 bridgehead atoms. The highest BCUT2D eigenvalue weighted by Gasteiger charge is 2.17. The van der Waals surface area contributed by atoms with Gasteiger partial charge in [-0.25, -0.2) is 9.97 Å². The molecule has 1 fully saturated rings. The van der Waals surface area contributed by atoms with Crippen molar-refractivity contribution in [1.29, 1.82) is 0 Å². The first kappa shape index (κ1) is 22.7. The fraction of sp³-hybridized carbons (Fsp3) is 0.241. The summed E-state index contributed by atoms with van der Waals surface area (Å²) in [5.41, 5.74) is 8.01. The molecule has 6 heterocycles. The van der Waals surface area contributed by atoms with Crippen molar-refractivity contribution in [3.63, 3.8) is 0 Å². The Hall–Kier alpha value is -4.50. The van der Waals surface area contributed by atoms with Gasteiger partial charge in [0, 0.05) is 59.6 Å². The van der Waals surface area contributed by atoms with Crippen molar-refractivity contribution in [3.8, 4) is 33.9 Å². The molecule has 1 saturated carbocycles. The minimum absolute atomic E-state index is 0.633. The summed E-state index contributed by atoms with van der Waals surface area (Å²) < 4.78 is 0. The van der Waals surface area contributed by atoms with Crippen LogP contribution in [0.5, 0.6) is 0 Å². The lowest BCUT2D eigenvalue weighted by molar-refractivity contribution is 0.489. The van der Waals surface area contributed by atoms with E-state index in [1.807, 2.05) is 49.1 Å². The Morgan fingerprint density at radius 2 is 1.84 bits per heavy atom. The van der Waals surface area contributed by atoms with Crippen LogP contribution >= 0.6 is 0 Å². The fourth-order valence-corrected chi connectivity index (χ4v) is 5.40. The number of imidazole rings is 1. The number of aromatic nitrogens is 8. The maximum atomic E-state index is 4.76. The largest absolute Gasteiger partial charge is 0.335 e. The third kappa shape index (κ3) is 4.31. The minimum atomic E-state index is 0.633. The van der Waals surface area contributed by atoms with Gasteiger partial charge in [0.05, 0.1) is 22.9 Å². The number of fused-ring (bicyclic) bond motifs is 2. The Kier molecular flexibility index (Phi) is 5.82. The van der Waals surface area contributed by atoms with E-state index in [4.69, 9.17) is 4.98 Å². The minimum Gasteiger partial charge on any atom is -0.335 e. The van der Waals surface area contributed by atoms with Crippen LogP contribution in [-0.4, -0.2) is 46.6 Å². The highest BCUT2D eigenvalue weighted by molar-refractivity contribution is 5.96. The van der Waals surface area contributed by atoms with Gasteiger partial charge < -0.3 is 10.3 Å². The van der Waals surface area contributed by atoms with Gasteiger partial charge in [-0.1, -0.05) is 18.9 Å². The van der Waals surface area contributed by atoms with Crippen LogP contribution < -0.4 is 5.32 Å². The zero-order valence-electron chi connectivity index (χ0n) is 20.9. The quantitative estimate of drug-likeness (QED) is 0.271. The zero-order valence-corrected chi connectivity index (χ0v) is 20.9. The topological polar surface area (TPSA) is 121 Å². The molecule has 9 nitrogen and oxygen atoms in total. The summed E-state index contributed by atoms with van der Waals surface area (Å²) in [6, 6.07) is 10.1. The van der Waals surface area contributed by atoms with E-state index in [9.17, 15) is 0 Å². The number of nitrogens with zero attached hydrogens (tertiary/aromatic N) is 6. The van der Waals surface area contributed by atoms with Gasteiger partial charge in [0.25, 0.3) is 0 Å². The predicted molar refractivity (Wildman–Crippen MR) is 147 cm³/mol. The van der Waals surface area contributed by atoms with E-state index >= 15 is 0 Å². The van der Waals surface area contributed by atoms with Crippen LogP contribution in [-0.2, 0) is 6.54 Å². The summed E-state index contributed by atoms with van der Waals surface area (Å²) in [7, 11) is 0. The summed E-state index contributed by atoms with van der Waals surface area (Å²) in [5.74, 6) is 1.46. The fourth-order valence-electron chi connectivity index (χ4n) is 5.40. The number of H-pyrrole nitrogens is 2. The molecular weight excluding hydrogens is 474 g/mol. The number of rotatable bonds is 7. The number of hydrogen-bond donors (Lipinski definition) is 3. The summed E-state index contributed by atoms with van der Waals surface area (Å²) in [5, 5.41) is 12.2.